The van der Waals surface area contributed by atoms with Crippen molar-refractivity contribution < 1.29 is 14.3 Å². The van der Waals surface area contributed by atoms with Crippen molar-refractivity contribution in [3.63, 3.8) is 0 Å². The third-order valence-corrected chi connectivity index (χ3v) is 3.43. The van der Waals surface area contributed by atoms with Crippen molar-refractivity contribution in [2.75, 3.05) is 0 Å². The molecule has 2 saturated carbocycles. The van der Waals surface area contributed by atoms with Crippen LogP contribution in [0.25, 0.3) is 0 Å². The van der Waals surface area contributed by atoms with E-state index in [9.17, 15) is 9.59 Å². The summed E-state index contributed by atoms with van der Waals surface area (Å²) in [6.07, 6.45) is 4.62. The van der Waals surface area contributed by atoms with Gasteiger partial charge in [0.05, 0.1) is 5.92 Å². The molecule has 0 saturated heterocycles. The molecule has 0 radical (unpaired) electrons. The zero-order valence-corrected chi connectivity index (χ0v) is 8.49. The van der Waals surface area contributed by atoms with Gasteiger partial charge in [-0.25, -0.2) is 0 Å². The highest BCUT2D eigenvalue weighted by atomic mass is 16.5. The number of carbonyl (C=O) groups is 2. The van der Waals surface area contributed by atoms with Crippen LogP contribution in [0.4, 0.5) is 0 Å². The van der Waals surface area contributed by atoms with E-state index in [-0.39, 0.29) is 18.0 Å². The molecule has 2 rings (SSSR count). The highest BCUT2D eigenvalue weighted by Gasteiger charge is 2.42. The summed E-state index contributed by atoms with van der Waals surface area (Å²) in [5, 5.41) is 0. The summed E-state index contributed by atoms with van der Waals surface area (Å²) >= 11 is 0. The van der Waals surface area contributed by atoms with Crippen LogP contribution in [0.1, 0.15) is 39.0 Å². The molecular formula is C11H16O3. The van der Waals surface area contributed by atoms with Crippen molar-refractivity contribution in [1.82, 2.24) is 0 Å². The maximum absolute atomic E-state index is 11.6. The number of hydrogen-bond donors (Lipinski definition) is 0. The van der Waals surface area contributed by atoms with Gasteiger partial charge in [0.25, 0.3) is 0 Å². The number of fused-ring (bicyclic) bond motifs is 2. The first-order valence-electron chi connectivity index (χ1n) is 5.38. The van der Waals surface area contributed by atoms with E-state index in [4.69, 9.17) is 4.74 Å². The molecule has 3 unspecified atom stereocenters. The van der Waals surface area contributed by atoms with Crippen LogP contribution in [-0.4, -0.2) is 17.9 Å². The van der Waals surface area contributed by atoms with E-state index in [0.29, 0.717) is 18.1 Å². The molecule has 2 fully saturated rings. The van der Waals surface area contributed by atoms with Crippen LogP contribution in [0.15, 0.2) is 0 Å². The predicted octanol–water partition coefficient (Wildman–Crippen LogP) is 1.70. The number of hydrogen-bond acceptors (Lipinski definition) is 3. The lowest BCUT2D eigenvalue weighted by Crippen LogP contribution is -2.44. The third-order valence-electron chi connectivity index (χ3n) is 3.43. The van der Waals surface area contributed by atoms with E-state index >= 15 is 0 Å². The standard InChI is InChI=1S/C11H16O3/c1-7(12)14-11-8-3-2-4-9(11)10(13)6-5-8/h8-9,11H,2-6H2,1H3. The van der Waals surface area contributed by atoms with E-state index in [1.54, 1.807) is 0 Å². The van der Waals surface area contributed by atoms with Gasteiger partial charge in [-0.3, -0.25) is 9.59 Å². The quantitative estimate of drug-likeness (QED) is 0.599. The SMILES string of the molecule is CC(=O)OC1C2CCCC1C(=O)CC2. The minimum absolute atomic E-state index is 0.00593. The Bertz CT molecular complexity index is 259. The van der Waals surface area contributed by atoms with Gasteiger partial charge in [0.1, 0.15) is 11.9 Å². The van der Waals surface area contributed by atoms with Gasteiger partial charge in [0.15, 0.2) is 0 Å². The van der Waals surface area contributed by atoms with Crippen LogP contribution in [0, 0.1) is 11.8 Å². The fourth-order valence-corrected chi connectivity index (χ4v) is 2.79. The Hall–Kier alpha value is -0.860. The van der Waals surface area contributed by atoms with Crippen LogP contribution in [0.2, 0.25) is 0 Å². The van der Waals surface area contributed by atoms with Crippen LogP contribution >= 0.6 is 0 Å². The third kappa shape index (κ3) is 1.68. The summed E-state index contributed by atoms with van der Waals surface area (Å²) in [4.78, 5) is 22.5. The molecule has 0 heterocycles. The zero-order chi connectivity index (χ0) is 10.1. The molecular weight excluding hydrogens is 180 g/mol. The Balaban J connectivity index is 2.12. The average molecular weight is 196 g/mol. The van der Waals surface area contributed by atoms with Crippen molar-refractivity contribution in [3.8, 4) is 0 Å². The fourth-order valence-electron chi connectivity index (χ4n) is 2.79. The van der Waals surface area contributed by atoms with Crippen LogP contribution in [0.5, 0.6) is 0 Å². The van der Waals surface area contributed by atoms with Crippen molar-refractivity contribution in [2.45, 2.75) is 45.1 Å². The Labute approximate surface area is 83.8 Å². The average Bonchev–Trinajstić information content (AvgIpc) is 2.11. The number of rotatable bonds is 1. The molecule has 0 spiro atoms. The van der Waals surface area contributed by atoms with Crippen LogP contribution in [0.3, 0.4) is 0 Å². The Morgan fingerprint density at radius 2 is 2.14 bits per heavy atom. The minimum Gasteiger partial charge on any atom is -0.461 e. The monoisotopic (exact) mass is 196 g/mol. The lowest BCUT2D eigenvalue weighted by Gasteiger charge is -2.40. The molecule has 0 amide bonds. The fraction of sp³-hybridized carbons (Fsp3) is 0.818. The largest absolute Gasteiger partial charge is 0.461 e. The van der Waals surface area contributed by atoms with E-state index in [1.165, 1.54) is 6.92 Å². The maximum Gasteiger partial charge on any atom is 0.302 e. The second kappa shape index (κ2) is 3.71. The topological polar surface area (TPSA) is 43.4 Å². The first-order chi connectivity index (χ1) is 6.68. The lowest BCUT2D eigenvalue weighted by atomic mass is 9.69. The lowest BCUT2D eigenvalue weighted by molar-refractivity contribution is -0.161. The molecule has 0 aromatic heterocycles. The molecule has 2 bridgehead atoms. The molecule has 0 N–H and O–H groups in total. The number of carbonyl (C=O) groups excluding carboxylic acids is 2. The van der Waals surface area contributed by atoms with Gasteiger partial charge in [-0.05, 0) is 25.2 Å². The van der Waals surface area contributed by atoms with E-state index in [0.717, 1.165) is 25.7 Å². The second-order valence-electron chi connectivity index (χ2n) is 4.38. The van der Waals surface area contributed by atoms with Gasteiger partial charge in [-0.15, -0.1) is 0 Å². The summed E-state index contributed by atoms with van der Waals surface area (Å²) in [5.74, 6) is 0.496. The number of Topliss-reactive ketones (excluding diaryl/α,β-unsaturated/α-hetero) is 1. The van der Waals surface area contributed by atoms with Gasteiger partial charge in [-0.1, -0.05) is 6.42 Å². The van der Waals surface area contributed by atoms with Crippen LogP contribution in [-0.2, 0) is 14.3 Å². The number of ether oxygens (including phenoxy) is 1. The molecule has 3 atom stereocenters. The highest BCUT2D eigenvalue weighted by molar-refractivity contribution is 5.83. The van der Waals surface area contributed by atoms with Gasteiger partial charge >= 0.3 is 5.97 Å². The van der Waals surface area contributed by atoms with Crippen molar-refractivity contribution in [3.05, 3.63) is 0 Å². The van der Waals surface area contributed by atoms with Crippen molar-refractivity contribution in [1.29, 1.82) is 0 Å². The molecule has 2 aliphatic rings. The smallest absolute Gasteiger partial charge is 0.302 e. The van der Waals surface area contributed by atoms with Gasteiger partial charge < -0.3 is 4.74 Å². The first-order valence-corrected chi connectivity index (χ1v) is 5.38. The second-order valence-corrected chi connectivity index (χ2v) is 4.38. The van der Waals surface area contributed by atoms with Crippen molar-refractivity contribution >= 4 is 11.8 Å². The Morgan fingerprint density at radius 1 is 1.36 bits per heavy atom. The summed E-state index contributed by atoms with van der Waals surface area (Å²) in [5.41, 5.74) is 0. The molecule has 3 heteroatoms. The molecule has 0 aliphatic heterocycles. The normalized spacial score (nSPS) is 36.6. The van der Waals surface area contributed by atoms with E-state index in [1.807, 2.05) is 0 Å². The minimum atomic E-state index is -0.249. The molecule has 0 aromatic carbocycles. The molecule has 0 aromatic rings. The number of esters is 1. The van der Waals surface area contributed by atoms with Crippen molar-refractivity contribution in [2.24, 2.45) is 11.8 Å². The van der Waals surface area contributed by atoms with Crippen LogP contribution < -0.4 is 0 Å². The highest BCUT2D eigenvalue weighted by Crippen LogP contribution is 2.39. The maximum atomic E-state index is 11.6. The van der Waals surface area contributed by atoms with E-state index in [2.05, 4.69) is 0 Å². The molecule has 2 aliphatic carbocycles. The summed E-state index contributed by atoms with van der Waals surface area (Å²) in [7, 11) is 0. The van der Waals surface area contributed by atoms with Gasteiger partial charge in [0.2, 0.25) is 0 Å². The summed E-state index contributed by atoms with van der Waals surface area (Å²) < 4.78 is 5.27. The first kappa shape index (κ1) is 9.69. The molecule has 3 nitrogen and oxygen atoms in total. The summed E-state index contributed by atoms with van der Waals surface area (Å²) in [6, 6.07) is 0. The Kier molecular flexibility index (Phi) is 2.57. The van der Waals surface area contributed by atoms with Gasteiger partial charge in [0, 0.05) is 13.3 Å². The Morgan fingerprint density at radius 3 is 2.86 bits per heavy atom. The number of ketones is 1. The molecule has 14 heavy (non-hydrogen) atoms. The molecule has 78 valence electrons. The van der Waals surface area contributed by atoms with Gasteiger partial charge in [-0.2, -0.15) is 0 Å². The summed E-state index contributed by atoms with van der Waals surface area (Å²) in [6.45, 7) is 1.43. The predicted molar refractivity (Wildman–Crippen MR) is 50.6 cm³/mol. The van der Waals surface area contributed by atoms with E-state index < -0.39 is 0 Å². The zero-order valence-electron chi connectivity index (χ0n) is 8.49.